The highest BCUT2D eigenvalue weighted by Crippen LogP contribution is 2.38. The highest BCUT2D eigenvalue weighted by molar-refractivity contribution is 5.07. The molecular formula is C32H61N. The molecule has 0 aromatic rings. The Bertz CT molecular complexity index is 565. The van der Waals surface area contributed by atoms with Gasteiger partial charge in [0, 0.05) is 6.04 Å². The van der Waals surface area contributed by atoms with Crippen LogP contribution in [0.1, 0.15) is 127 Å². The molecule has 0 saturated carbocycles. The standard InChI is InChI=1S/C32H61N/c1-11-13-14-15-19-27(8)32(33)23-31(22-25(5)6)29(10)28(9)30(21-24(3)4)20-17-16-18-26(7)12-2/h12,16-17,19,24-25,28-32H,11,13-15,18,20-23,33H2,1-10H3. The van der Waals surface area contributed by atoms with Gasteiger partial charge in [-0.3, -0.25) is 0 Å². The van der Waals surface area contributed by atoms with Gasteiger partial charge in [-0.05, 0) is 101 Å². The van der Waals surface area contributed by atoms with Crippen molar-refractivity contribution in [3.8, 4) is 0 Å². The average Bonchev–Trinajstić information content (AvgIpc) is 2.76. The van der Waals surface area contributed by atoms with Gasteiger partial charge in [0.1, 0.15) is 0 Å². The minimum atomic E-state index is 0.206. The van der Waals surface area contributed by atoms with E-state index < -0.39 is 0 Å². The monoisotopic (exact) mass is 459 g/mol. The summed E-state index contributed by atoms with van der Waals surface area (Å²) in [5, 5.41) is 0. The van der Waals surface area contributed by atoms with Crippen LogP contribution >= 0.6 is 0 Å². The van der Waals surface area contributed by atoms with Crippen LogP contribution in [0.2, 0.25) is 0 Å². The molecule has 0 fully saturated rings. The summed E-state index contributed by atoms with van der Waals surface area (Å²) in [6, 6.07) is 0.206. The molecule has 194 valence electrons. The van der Waals surface area contributed by atoms with Crippen LogP contribution in [0.15, 0.2) is 35.5 Å². The normalized spacial score (nSPS) is 18.2. The molecule has 0 aromatic carbocycles. The first-order chi connectivity index (χ1) is 15.5. The molecule has 0 aliphatic carbocycles. The van der Waals surface area contributed by atoms with Crippen molar-refractivity contribution in [2.45, 2.75) is 133 Å². The van der Waals surface area contributed by atoms with Crippen molar-refractivity contribution in [1.29, 1.82) is 0 Å². The number of allylic oxidation sites excluding steroid dienone is 5. The van der Waals surface area contributed by atoms with Gasteiger partial charge in [-0.1, -0.05) is 96.8 Å². The zero-order valence-electron chi connectivity index (χ0n) is 24.3. The number of hydrogen-bond donors (Lipinski definition) is 1. The van der Waals surface area contributed by atoms with Gasteiger partial charge in [0.15, 0.2) is 0 Å². The summed E-state index contributed by atoms with van der Waals surface area (Å²) in [5.74, 6) is 4.31. The Morgan fingerprint density at radius 2 is 1.36 bits per heavy atom. The van der Waals surface area contributed by atoms with Gasteiger partial charge in [-0.2, -0.15) is 0 Å². The van der Waals surface area contributed by atoms with E-state index in [1.54, 1.807) is 0 Å². The lowest BCUT2D eigenvalue weighted by Crippen LogP contribution is -2.32. The Balaban J connectivity index is 5.32. The van der Waals surface area contributed by atoms with Crippen LogP contribution in [0.4, 0.5) is 0 Å². The van der Waals surface area contributed by atoms with Crippen LogP contribution in [-0.4, -0.2) is 6.04 Å². The van der Waals surface area contributed by atoms with E-state index >= 15 is 0 Å². The van der Waals surface area contributed by atoms with Crippen molar-refractivity contribution < 1.29 is 0 Å². The average molecular weight is 460 g/mol. The Hall–Kier alpha value is -0.820. The Morgan fingerprint density at radius 1 is 0.788 bits per heavy atom. The molecule has 1 nitrogen and oxygen atoms in total. The zero-order valence-corrected chi connectivity index (χ0v) is 24.3. The van der Waals surface area contributed by atoms with Crippen LogP contribution in [0.3, 0.4) is 0 Å². The second-order valence-electron chi connectivity index (χ2n) is 11.8. The van der Waals surface area contributed by atoms with E-state index in [2.05, 4.69) is 93.5 Å². The second kappa shape index (κ2) is 18.5. The van der Waals surface area contributed by atoms with Crippen molar-refractivity contribution in [1.82, 2.24) is 0 Å². The highest BCUT2D eigenvalue weighted by Gasteiger charge is 2.30. The van der Waals surface area contributed by atoms with Crippen LogP contribution in [0.5, 0.6) is 0 Å². The molecule has 0 spiro atoms. The third-order valence-corrected chi connectivity index (χ3v) is 7.82. The van der Waals surface area contributed by atoms with Gasteiger partial charge < -0.3 is 5.73 Å². The fraction of sp³-hybridized carbons (Fsp3) is 0.812. The van der Waals surface area contributed by atoms with Gasteiger partial charge in [-0.25, -0.2) is 0 Å². The van der Waals surface area contributed by atoms with Gasteiger partial charge in [-0.15, -0.1) is 0 Å². The van der Waals surface area contributed by atoms with E-state index in [1.807, 2.05) is 0 Å². The Labute approximate surface area is 209 Å². The van der Waals surface area contributed by atoms with E-state index in [1.165, 1.54) is 56.1 Å². The summed E-state index contributed by atoms with van der Waals surface area (Å²) >= 11 is 0. The zero-order chi connectivity index (χ0) is 25.4. The first-order valence-electron chi connectivity index (χ1n) is 14.2. The maximum absolute atomic E-state index is 6.76. The van der Waals surface area contributed by atoms with Gasteiger partial charge in [0.2, 0.25) is 0 Å². The maximum Gasteiger partial charge on any atom is 0.0253 e. The van der Waals surface area contributed by atoms with Crippen molar-refractivity contribution in [3.05, 3.63) is 35.5 Å². The Morgan fingerprint density at radius 3 is 1.91 bits per heavy atom. The molecule has 0 amide bonds. The van der Waals surface area contributed by atoms with E-state index in [-0.39, 0.29) is 6.04 Å². The molecule has 2 N–H and O–H groups in total. The van der Waals surface area contributed by atoms with Crippen LogP contribution in [-0.2, 0) is 0 Å². The summed E-state index contributed by atoms with van der Waals surface area (Å²) in [5.41, 5.74) is 9.62. The Kier molecular flexibility index (Phi) is 18.0. The number of unbranched alkanes of at least 4 members (excludes halogenated alkanes) is 3. The molecular weight excluding hydrogens is 398 g/mol. The first-order valence-corrected chi connectivity index (χ1v) is 14.2. The van der Waals surface area contributed by atoms with E-state index in [0.717, 1.165) is 30.6 Å². The summed E-state index contributed by atoms with van der Waals surface area (Å²) < 4.78 is 0. The molecule has 0 radical (unpaired) electrons. The highest BCUT2D eigenvalue weighted by atomic mass is 14.6. The summed E-state index contributed by atoms with van der Waals surface area (Å²) in [6.07, 6.45) is 20.6. The molecule has 0 bridgehead atoms. The molecule has 5 atom stereocenters. The van der Waals surface area contributed by atoms with Crippen LogP contribution in [0.25, 0.3) is 0 Å². The number of nitrogens with two attached hydrogens (primary N) is 1. The quantitative estimate of drug-likeness (QED) is 0.160. The third kappa shape index (κ3) is 14.9. The maximum atomic E-state index is 6.76. The first kappa shape index (κ1) is 32.2. The molecule has 0 rings (SSSR count). The molecule has 5 unspecified atom stereocenters. The van der Waals surface area contributed by atoms with Gasteiger partial charge in [0.25, 0.3) is 0 Å². The predicted octanol–water partition coefficient (Wildman–Crippen LogP) is 10.1. The minimum Gasteiger partial charge on any atom is -0.324 e. The summed E-state index contributed by atoms with van der Waals surface area (Å²) in [6.45, 7) is 23.4. The van der Waals surface area contributed by atoms with E-state index in [9.17, 15) is 0 Å². The van der Waals surface area contributed by atoms with E-state index in [0.29, 0.717) is 17.8 Å². The number of rotatable bonds is 18. The van der Waals surface area contributed by atoms with E-state index in [4.69, 9.17) is 5.73 Å². The molecule has 0 aliphatic heterocycles. The van der Waals surface area contributed by atoms with Crippen molar-refractivity contribution >= 4 is 0 Å². The lowest BCUT2D eigenvalue weighted by Gasteiger charge is -2.37. The fourth-order valence-corrected chi connectivity index (χ4v) is 5.17. The molecule has 33 heavy (non-hydrogen) atoms. The largest absolute Gasteiger partial charge is 0.324 e. The molecule has 0 aliphatic rings. The van der Waals surface area contributed by atoms with Crippen LogP contribution < -0.4 is 5.73 Å². The summed E-state index contributed by atoms with van der Waals surface area (Å²) in [4.78, 5) is 0. The number of hydrogen-bond acceptors (Lipinski definition) is 1. The smallest absolute Gasteiger partial charge is 0.0253 e. The molecule has 1 heteroatoms. The summed E-state index contributed by atoms with van der Waals surface area (Å²) in [7, 11) is 0. The van der Waals surface area contributed by atoms with Crippen molar-refractivity contribution in [2.75, 3.05) is 0 Å². The van der Waals surface area contributed by atoms with Gasteiger partial charge in [0.05, 0.1) is 0 Å². The lowest BCUT2D eigenvalue weighted by molar-refractivity contribution is 0.147. The SMILES string of the molecule is CC=C(C)CC=CCC(CC(C)C)C(C)C(C)C(CC(C)C)CC(N)C(C)=CCCCCC. The predicted molar refractivity (Wildman–Crippen MR) is 153 cm³/mol. The fourth-order valence-electron chi connectivity index (χ4n) is 5.17. The van der Waals surface area contributed by atoms with Crippen LogP contribution in [0, 0.1) is 35.5 Å². The topological polar surface area (TPSA) is 26.0 Å². The second-order valence-corrected chi connectivity index (χ2v) is 11.8. The van der Waals surface area contributed by atoms with Gasteiger partial charge >= 0.3 is 0 Å². The molecule has 0 aromatic heterocycles. The lowest BCUT2D eigenvalue weighted by atomic mass is 9.69. The van der Waals surface area contributed by atoms with Crippen molar-refractivity contribution in [3.63, 3.8) is 0 Å². The minimum absolute atomic E-state index is 0.206. The molecule has 0 heterocycles. The van der Waals surface area contributed by atoms with Crippen molar-refractivity contribution in [2.24, 2.45) is 41.2 Å². The molecule has 0 saturated heterocycles. The third-order valence-electron chi connectivity index (χ3n) is 7.82.